The Bertz CT molecular complexity index is 897. The van der Waals surface area contributed by atoms with Crippen molar-refractivity contribution in [1.82, 2.24) is 14.2 Å². The van der Waals surface area contributed by atoms with Gasteiger partial charge < -0.3 is 4.74 Å². The highest BCUT2D eigenvalue weighted by Crippen LogP contribution is 2.43. The number of piperidine rings is 1. The van der Waals surface area contributed by atoms with Gasteiger partial charge in [0.05, 0.1) is 17.6 Å². The lowest BCUT2D eigenvalue weighted by Crippen LogP contribution is -2.43. The molecule has 156 valence electrons. The summed E-state index contributed by atoms with van der Waals surface area (Å²) in [5.41, 5.74) is 1.31. The lowest BCUT2D eigenvalue weighted by Gasteiger charge is -2.37. The molecule has 4 rings (SSSR count). The fourth-order valence-corrected chi connectivity index (χ4v) is 5.98. The number of ether oxygens (including phenoxy) is 1. The number of aromatic nitrogens is 1. The van der Waals surface area contributed by atoms with Gasteiger partial charge in [-0.3, -0.25) is 9.88 Å². The first kappa shape index (κ1) is 20.5. The summed E-state index contributed by atoms with van der Waals surface area (Å²) in [5, 5.41) is 0. The molecule has 7 heteroatoms. The van der Waals surface area contributed by atoms with Crippen molar-refractivity contribution < 1.29 is 13.2 Å². The van der Waals surface area contributed by atoms with Gasteiger partial charge in [-0.1, -0.05) is 24.3 Å². The minimum Gasteiger partial charge on any atom is -0.376 e. The summed E-state index contributed by atoms with van der Waals surface area (Å²) in [7, 11) is -1.29. The van der Waals surface area contributed by atoms with Gasteiger partial charge in [-0.15, -0.1) is 0 Å². The maximum absolute atomic E-state index is 12.9. The molecule has 0 amide bonds. The second-order valence-corrected chi connectivity index (χ2v) is 10.4. The first-order valence-corrected chi connectivity index (χ1v) is 11.7. The van der Waals surface area contributed by atoms with Crippen LogP contribution < -0.4 is 0 Å². The highest BCUT2D eigenvalue weighted by Gasteiger charge is 2.44. The molecule has 6 nitrogen and oxygen atoms in total. The number of hydrogen-bond donors (Lipinski definition) is 0. The fourth-order valence-electron chi connectivity index (χ4n) is 4.52. The molecule has 0 bridgehead atoms. The quantitative estimate of drug-likeness (QED) is 0.726. The third kappa shape index (κ3) is 4.69. The Morgan fingerprint density at radius 1 is 1.17 bits per heavy atom. The van der Waals surface area contributed by atoms with E-state index in [1.807, 2.05) is 18.3 Å². The highest BCUT2D eigenvalue weighted by atomic mass is 32.2. The summed E-state index contributed by atoms with van der Waals surface area (Å²) in [6.45, 7) is 3.60. The number of likely N-dealkylation sites (N-methyl/N-ethyl adjacent to an activating group) is 1. The zero-order valence-corrected chi connectivity index (χ0v) is 17.7. The summed E-state index contributed by atoms with van der Waals surface area (Å²) < 4.78 is 33.5. The molecule has 29 heavy (non-hydrogen) atoms. The van der Waals surface area contributed by atoms with Gasteiger partial charge in [0, 0.05) is 38.6 Å². The van der Waals surface area contributed by atoms with E-state index >= 15 is 0 Å². The van der Waals surface area contributed by atoms with Crippen molar-refractivity contribution in [3.63, 3.8) is 0 Å². The van der Waals surface area contributed by atoms with E-state index in [1.165, 1.54) is 5.56 Å². The monoisotopic (exact) mass is 415 g/mol. The fraction of sp³-hybridized carbons (Fsp3) is 0.500. The second kappa shape index (κ2) is 8.52. The van der Waals surface area contributed by atoms with Crippen LogP contribution in [-0.2, 0) is 21.3 Å². The van der Waals surface area contributed by atoms with Gasteiger partial charge in [-0.05, 0) is 55.5 Å². The minimum absolute atomic E-state index is 0.114. The van der Waals surface area contributed by atoms with E-state index in [9.17, 15) is 8.42 Å². The van der Waals surface area contributed by atoms with Gasteiger partial charge in [-0.2, -0.15) is 4.31 Å². The Morgan fingerprint density at radius 2 is 1.93 bits per heavy atom. The lowest BCUT2D eigenvalue weighted by molar-refractivity contribution is 0.0618. The molecule has 0 saturated carbocycles. The third-order valence-electron chi connectivity index (χ3n) is 6.14. The SMILES string of the molecule is CN(Cc1cccnc1)C[C@@H]1CC2(CCN(S(=O)(=O)c3ccccc3)CC2)CO1. The Balaban J connectivity index is 1.30. The zero-order valence-electron chi connectivity index (χ0n) is 16.9. The average Bonchev–Trinajstić information content (AvgIpc) is 3.11. The Morgan fingerprint density at radius 3 is 2.62 bits per heavy atom. The molecule has 0 N–H and O–H groups in total. The summed E-state index contributed by atoms with van der Waals surface area (Å²) in [4.78, 5) is 6.83. The van der Waals surface area contributed by atoms with Crippen LogP contribution in [0.3, 0.4) is 0 Å². The molecule has 1 aromatic heterocycles. The Hall–Kier alpha value is -1.80. The molecule has 2 aliphatic rings. The van der Waals surface area contributed by atoms with Gasteiger partial charge in [-0.25, -0.2) is 8.42 Å². The molecule has 0 radical (unpaired) electrons. The number of benzene rings is 1. The van der Waals surface area contributed by atoms with Crippen molar-refractivity contribution in [2.75, 3.05) is 33.3 Å². The molecule has 2 fully saturated rings. The van der Waals surface area contributed by atoms with Crippen molar-refractivity contribution in [1.29, 1.82) is 0 Å². The van der Waals surface area contributed by atoms with Crippen LogP contribution in [-0.4, -0.2) is 62.0 Å². The maximum Gasteiger partial charge on any atom is 0.243 e. The predicted molar refractivity (Wildman–Crippen MR) is 112 cm³/mol. The minimum atomic E-state index is -3.40. The topological polar surface area (TPSA) is 62.7 Å². The van der Waals surface area contributed by atoms with Crippen LogP contribution in [0.1, 0.15) is 24.8 Å². The summed E-state index contributed by atoms with van der Waals surface area (Å²) >= 11 is 0. The largest absolute Gasteiger partial charge is 0.376 e. The van der Waals surface area contributed by atoms with E-state index in [0.29, 0.717) is 18.0 Å². The second-order valence-electron chi connectivity index (χ2n) is 8.41. The molecule has 1 aromatic carbocycles. The van der Waals surface area contributed by atoms with Crippen molar-refractivity contribution in [3.8, 4) is 0 Å². The highest BCUT2D eigenvalue weighted by molar-refractivity contribution is 7.89. The molecule has 3 heterocycles. The number of nitrogens with zero attached hydrogens (tertiary/aromatic N) is 3. The maximum atomic E-state index is 12.9. The van der Waals surface area contributed by atoms with Crippen LogP contribution in [0, 0.1) is 5.41 Å². The number of pyridine rings is 1. The first-order valence-electron chi connectivity index (χ1n) is 10.2. The summed E-state index contributed by atoms with van der Waals surface area (Å²) in [6, 6.07) is 12.8. The molecular weight excluding hydrogens is 386 g/mol. The van der Waals surface area contributed by atoms with E-state index in [-0.39, 0.29) is 11.5 Å². The number of sulfonamides is 1. The normalized spacial score (nSPS) is 22.3. The van der Waals surface area contributed by atoms with Crippen molar-refractivity contribution in [2.24, 2.45) is 5.41 Å². The first-order chi connectivity index (χ1) is 14.0. The molecule has 0 aliphatic carbocycles. The average molecular weight is 416 g/mol. The van der Waals surface area contributed by atoms with Gasteiger partial charge in [0.1, 0.15) is 0 Å². The number of hydrogen-bond acceptors (Lipinski definition) is 5. The number of rotatable bonds is 6. The van der Waals surface area contributed by atoms with Crippen LogP contribution in [0.4, 0.5) is 0 Å². The molecule has 1 atom stereocenters. The summed E-state index contributed by atoms with van der Waals surface area (Å²) in [6.07, 6.45) is 6.62. The van der Waals surface area contributed by atoms with E-state index < -0.39 is 10.0 Å². The molecule has 2 saturated heterocycles. The molecule has 0 unspecified atom stereocenters. The van der Waals surface area contributed by atoms with Crippen molar-refractivity contribution in [2.45, 2.75) is 36.8 Å². The van der Waals surface area contributed by atoms with Gasteiger partial charge in [0.2, 0.25) is 10.0 Å². The Kier molecular flexibility index (Phi) is 6.01. The van der Waals surface area contributed by atoms with Gasteiger partial charge in [0.15, 0.2) is 0 Å². The molecular formula is C22H29N3O3S. The van der Waals surface area contributed by atoms with Crippen LogP contribution >= 0.6 is 0 Å². The smallest absolute Gasteiger partial charge is 0.243 e. The van der Waals surface area contributed by atoms with Gasteiger partial charge in [0.25, 0.3) is 0 Å². The molecule has 1 spiro atoms. The zero-order chi connectivity index (χ0) is 20.3. The lowest BCUT2D eigenvalue weighted by atomic mass is 9.77. The molecule has 2 aromatic rings. The van der Waals surface area contributed by atoms with E-state index in [2.05, 4.69) is 23.0 Å². The van der Waals surface area contributed by atoms with Gasteiger partial charge >= 0.3 is 0 Å². The van der Waals surface area contributed by atoms with Crippen molar-refractivity contribution >= 4 is 10.0 Å². The van der Waals surface area contributed by atoms with Crippen LogP contribution in [0.5, 0.6) is 0 Å². The van der Waals surface area contributed by atoms with E-state index in [0.717, 1.165) is 39.0 Å². The Labute approximate surface area is 173 Å². The van der Waals surface area contributed by atoms with E-state index in [1.54, 1.807) is 34.8 Å². The standard InChI is InChI=1S/C22H29N3O3S/c1-24(16-19-6-5-11-23-15-19)17-20-14-22(18-28-20)9-12-25(13-10-22)29(26,27)21-7-3-2-4-8-21/h2-8,11,15,20H,9-10,12-14,16-18H2,1H3/t20-/m0/s1. The van der Waals surface area contributed by atoms with Crippen molar-refractivity contribution in [3.05, 3.63) is 60.4 Å². The van der Waals surface area contributed by atoms with E-state index in [4.69, 9.17) is 4.74 Å². The third-order valence-corrected chi connectivity index (χ3v) is 8.05. The van der Waals surface area contributed by atoms with Crippen LogP contribution in [0.25, 0.3) is 0 Å². The summed E-state index contributed by atoms with van der Waals surface area (Å²) in [5.74, 6) is 0. The van der Waals surface area contributed by atoms with Crippen LogP contribution in [0.2, 0.25) is 0 Å². The molecule has 2 aliphatic heterocycles. The van der Waals surface area contributed by atoms with Crippen LogP contribution in [0.15, 0.2) is 59.8 Å². The predicted octanol–water partition coefficient (Wildman–Crippen LogP) is 2.77.